The van der Waals surface area contributed by atoms with Gasteiger partial charge in [-0.3, -0.25) is 4.57 Å². The lowest BCUT2D eigenvalue weighted by molar-refractivity contribution is -0.476. The molecule has 2 heterocycles. The summed E-state index contributed by atoms with van der Waals surface area (Å²) in [7, 11) is 0. The standard InChI is InChI=1S/C17H8F7N2/c18-11-10(17(22,23)24)12(19)14(21)16(13(11)20)26-6-9-3-1-2-8-4-5-25(7-26)15(8)9/h1-6H,7H2/q+1. The first-order valence-corrected chi connectivity index (χ1v) is 7.32. The van der Waals surface area contributed by atoms with Gasteiger partial charge in [0, 0.05) is 11.6 Å². The van der Waals surface area contributed by atoms with E-state index in [-0.39, 0.29) is 6.67 Å². The third-order valence-electron chi connectivity index (χ3n) is 4.23. The van der Waals surface area contributed by atoms with Crippen LogP contribution in [0.3, 0.4) is 0 Å². The van der Waals surface area contributed by atoms with Gasteiger partial charge < -0.3 is 0 Å². The van der Waals surface area contributed by atoms with Crippen molar-refractivity contribution in [1.29, 1.82) is 0 Å². The van der Waals surface area contributed by atoms with Gasteiger partial charge in [0.1, 0.15) is 5.56 Å². The van der Waals surface area contributed by atoms with Crippen LogP contribution in [0.1, 0.15) is 11.1 Å². The average molecular weight is 373 g/mol. The van der Waals surface area contributed by atoms with Gasteiger partial charge in [-0.1, -0.05) is 12.1 Å². The second-order valence-electron chi connectivity index (χ2n) is 5.79. The molecule has 0 aliphatic carbocycles. The molecular weight excluding hydrogens is 365 g/mol. The molecule has 0 atom stereocenters. The van der Waals surface area contributed by atoms with Crippen molar-refractivity contribution < 1.29 is 35.3 Å². The highest BCUT2D eigenvalue weighted by Gasteiger charge is 2.45. The molecule has 0 spiro atoms. The Labute approximate surface area is 141 Å². The molecule has 0 N–H and O–H groups in total. The lowest BCUT2D eigenvalue weighted by atomic mass is 10.1. The van der Waals surface area contributed by atoms with E-state index in [4.69, 9.17) is 0 Å². The summed E-state index contributed by atoms with van der Waals surface area (Å²) in [4.78, 5) is 0. The highest BCUT2D eigenvalue weighted by Crippen LogP contribution is 2.39. The average Bonchev–Trinajstić information content (AvgIpc) is 2.97. The minimum Gasteiger partial charge on any atom is -0.291 e. The normalized spacial score (nSPS) is 14.0. The molecule has 3 aromatic rings. The van der Waals surface area contributed by atoms with E-state index in [2.05, 4.69) is 0 Å². The lowest BCUT2D eigenvalue weighted by Crippen LogP contribution is -2.23. The summed E-state index contributed by atoms with van der Waals surface area (Å²) in [6.45, 7) is -0.224. The molecule has 0 saturated carbocycles. The Kier molecular flexibility index (Phi) is 3.40. The monoisotopic (exact) mass is 373 g/mol. The highest BCUT2D eigenvalue weighted by molar-refractivity contribution is 5.97. The first kappa shape index (κ1) is 16.6. The molecule has 134 valence electrons. The van der Waals surface area contributed by atoms with Crippen molar-refractivity contribution in [1.82, 2.24) is 4.57 Å². The number of rotatable bonds is 1. The third-order valence-corrected chi connectivity index (χ3v) is 4.23. The van der Waals surface area contributed by atoms with E-state index in [1.165, 1.54) is 6.21 Å². The summed E-state index contributed by atoms with van der Waals surface area (Å²) >= 11 is 0. The molecule has 0 saturated heterocycles. The van der Waals surface area contributed by atoms with Gasteiger partial charge in [-0.05, 0) is 12.1 Å². The van der Waals surface area contributed by atoms with Gasteiger partial charge in [0.25, 0.3) is 5.69 Å². The Bertz CT molecular complexity index is 1060. The van der Waals surface area contributed by atoms with Gasteiger partial charge in [0.2, 0.25) is 18.3 Å². The van der Waals surface area contributed by atoms with E-state index in [1.807, 2.05) is 0 Å². The first-order valence-electron chi connectivity index (χ1n) is 7.32. The molecule has 0 fully saturated rings. The van der Waals surface area contributed by atoms with Gasteiger partial charge in [-0.25, -0.2) is 8.78 Å². The van der Waals surface area contributed by atoms with Crippen LogP contribution < -0.4 is 0 Å². The quantitative estimate of drug-likeness (QED) is 0.324. The maximum atomic E-state index is 14.3. The molecular formula is C17H8F7N2+. The van der Waals surface area contributed by atoms with Crippen LogP contribution >= 0.6 is 0 Å². The number of hydrogen-bond donors (Lipinski definition) is 0. The van der Waals surface area contributed by atoms with E-state index in [0.717, 1.165) is 15.5 Å². The zero-order chi connectivity index (χ0) is 18.8. The zero-order valence-corrected chi connectivity index (χ0v) is 12.7. The number of hydrogen-bond acceptors (Lipinski definition) is 0. The lowest BCUT2D eigenvalue weighted by Gasteiger charge is -2.16. The molecule has 2 nitrogen and oxygen atoms in total. The molecule has 26 heavy (non-hydrogen) atoms. The van der Waals surface area contributed by atoms with Crippen molar-refractivity contribution >= 4 is 22.8 Å². The highest BCUT2D eigenvalue weighted by atomic mass is 19.4. The van der Waals surface area contributed by atoms with Gasteiger partial charge in [0.15, 0.2) is 17.8 Å². The van der Waals surface area contributed by atoms with Crippen LogP contribution in [0.25, 0.3) is 10.9 Å². The van der Waals surface area contributed by atoms with Gasteiger partial charge in [-0.15, -0.1) is 0 Å². The van der Waals surface area contributed by atoms with Crippen molar-refractivity contribution in [3.8, 4) is 0 Å². The molecule has 0 radical (unpaired) electrons. The number of nitrogens with zero attached hydrogens (tertiary/aromatic N) is 2. The van der Waals surface area contributed by atoms with E-state index >= 15 is 0 Å². The van der Waals surface area contributed by atoms with Gasteiger partial charge in [-0.2, -0.15) is 26.5 Å². The van der Waals surface area contributed by atoms with Crippen LogP contribution in [0.2, 0.25) is 0 Å². The van der Waals surface area contributed by atoms with Crippen LogP contribution in [0.4, 0.5) is 36.4 Å². The minimum atomic E-state index is -5.57. The van der Waals surface area contributed by atoms with Crippen molar-refractivity contribution in [3.05, 3.63) is 64.9 Å². The fourth-order valence-corrected chi connectivity index (χ4v) is 3.14. The number of halogens is 7. The van der Waals surface area contributed by atoms with Gasteiger partial charge in [0.05, 0.1) is 11.1 Å². The second-order valence-corrected chi connectivity index (χ2v) is 5.79. The molecule has 9 heteroatoms. The second kappa shape index (κ2) is 5.33. The van der Waals surface area contributed by atoms with Gasteiger partial charge >= 0.3 is 6.18 Å². The largest absolute Gasteiger partial charge is 0.422 e. The predicted molar refractivity (Wildman–Crippen MR) is 78.3 cm³/mol. The predicted octanol–water partition coefficient (Wildman–Crippen LogP) is 4.95. The molecule has 0 amide bonds. The Balaban J connectivity index is 1.97. The summed E-state index contributed by atoms with van der Waals surface area (Å²) in [5.74, 6) is -9.15. The molecule has 1 aromatic heterocycles. The number of para-hydroxylation sites is 1. The fraction of sp³-hybridized carbons (Fsp3) is 0.118. The Morgan fingerprint density at radius 2 is 1.54 bits per heavy atom. The third kappa shape index (κ3) is 2.23. The molecule has 0 bridgehead atoms. The van der Waals surface area contributed by atoms with Crippen molar-refractivity contribution in [3.63, 3.8) is 0 Å². The summed E-state index contributed by atoms with van der Waals surface area (Å²) in [5, 5.41) is 0.837. The van der Waals surface area contributed by atoms with Crippen LogP contribution in [0.5, 0.6) is 0 Å². The van der Waals surface area contributed by atoms with E-state index in [9.17, 15) is 30.7 Å². The molecule has 2 aromatic carbocycles. The van der Waals surface area contributed by atoms with Crippen LogP contribution in [-0.4, -0.2) is 15.4 Å². The van der Waals surface area contributed by atoms with Crippen molar-refractivity contribution in [2.24, 2.45) is 0 Å². The topological polar surface area (TPSA) is 7.94 Å². The van der Waals surface area contributed by atoms with Crippen molar-refractivity contribution in [2.75, 3.05) is 0 Å². The molecule has 0 unspecified atom stereocenters. The summed E-state index contributed by atoms with van der Waals surface area (Å²) in [6.07, 6.45) is -2.74. The Morgan fingerprint density at radius 3 is 2.15 bits per heavy atom. The van der Waals surface area contributed by atoms with E-state index in [0.29, 0.717) is 5.56 Å². The van der Waals surface area contributed by atoms with Crippen LogP contribution in [-0.2, 0) is 12.8 Å². The van der Waals surface area contributed by atoms with E-state index < -0.39 is 40.7 Å². The zero-order valence-electron chi connectivity index (χ0n) is 12.7. The Morgan fingerprint density at radius 1 is 0.885 bits per heavy atom. The number of alkyl halides is 3. The van der Waals surface area contributed by atoms with Crippen molar-refractivity contribution in [2.45, 2.75) is 12.8 Å². The fourth-order valence-electron chi connectivity index (χ4n) is 3.14. The molecule has 4 rings (SSSR count). The SMILES string of the molecule is Fc1c(F)c(C(F)(F)F)c(F)c(F)c1[N+]1=Cc2cccc3ccn(c23)C1. The summed E-state index contributed by atoms with van der Waals surface area (Å²) < 4.78 is 96.8. The first-order chi connectivity index (χ1) is 12.2. The molecule has 1 aliphatic heterocycles. The number of benzene rings is 2. The maximum Gasteiger partial charge on any atom is 0.422 e. The molecule has 1 aliphatic rings. The smallest absolute Gasteiger partial charge is 0.291 e. The summed E-state index contributed by atoms with van der Waals surface area (Å²) in [6, 6.07) is 6.81. The Hall–Kier alpha value is -2.84. The number of aromatic nitrogens is 1. The van der Waals surface area contributed by atoms with Crippen LogP contribution in [0, 0.1) is 23.3 Å². The van der Waals surface area contributed by atoms with Crippen LogP contribution in [0.15, 0.2) is 30.5 Å². The van der Waals surface area contributed by atoms with E-state index in [1.54, 1.807) is 35.0 Å². The minimum absolute atomic E-state index is 0.224. The summed E-state index contributed by atoms with van der Waals surface area (Å²) in [5.41, 5.74) is -2.57. The maximum absolute atomic E-state index is 14.3.